The van der Waals surface area contributed by atoms with E-state index < -0.39 is 17.2 Å². The van der Waals surface area contributed by atoms with Gasteiger partial charge < -0.3 is 10.2 Å². The van der Waals surface area contributed by atoms with E-state index in [0.717, 1.165) is 0 Å². The van der Waals surface area contributed by atoms with E-state index in [2.05, 4.69) is 5.32 Å². The molecule has 1 heterocycles. The van der Waals surface area contributed by atoms with Gasteiger partial charge in [0.25, 0.3) is 0 Å². The van der Waals surface area contributed by atoms with Crippen LogP contribution in [0.1, 0.15) is 0 Å². The SMILES string of the molecule is CN(C(=O)CSC(F)(F)F)C1CNC1.Cl. The van der Waals surface area contributed by atoms with Crippen molar-refractivity contribution in [3.8, 4) is 0 Å². The standard InChI is InChI=1S/C7H11F3N2OS.ClH/c1-12(5-2-11-3-5)6(13)4-14-7(8,9)10;/h5,11H,2-4H2,1H3;1H. The molecule has 3 nitrogen and oxygen atoms in total. The average Bonchev–Trinajstić information content (AvgIpc) is 1.95. The summed E-state index contributed by atoms with van der Waals surface area (Å²) in [6, 6.07) is 0.0522. The van der Waals surface area contributed by atoms with E-state index in [0.29, 0.717) is 13.1 Å². The van der Waals surface area contributed by atoms with E-state index in [1.807, 2.05) is 0 Å². The number of amides is 1. The van der Waals surface area contributed by atoms with E-state index in [9.17, 15) is 18.0 Å². The first kappa shape index (κ1) is 14.9. The number of likely N-dealkylation sites (N-methyl/N-ethyl adjacent to an activating group) is 1. The highest BCUT2D eigenvalue weighted by atomic mass is 35.5. The van der Waals surface area contributed by atoms with Gasteiger partial charge in [0.15, 0.2) is 0 Å². The molecule has 1 fully saturated rings. The zero-order valence-corrected chi connectivity index (χ0v) is 9.64. The molecule has 0 spiro atoms. The summed E-state index contributed by atoms with van der Waals surface area (Å²) in [7, 11) is 1.53. The van der Waals surface area contributed by atoms with Gasteiger partial charge in [-0.05, 0) is 11.8 Å². The lowest BCUT2D eigenvalue weighted by molar-refractivity contribution is -0.130. The molecule has 0 radical (unpaired) electrons. The Labute approximate surface area is 96.2 Å². The van der Waals surface area contributed by atoms with E-state index in [-0.39, 0.29) is 30.2 Å². The van der Waals surface area contributed by atoms with Crippen LogP contribution in [-0.4, -0.2) is 48.2 Å². The number of nitrogens with zero attached hydrogens (tertiary/aromatic N) is 1. The van der Waals surface area contributed by atoms with Crippen LogP contribution in [0, 0.1) is 0 Å². The van der Waals surface area contributed by atoms with Crippen molar-refractivity contribution in [2.45, 2.75) is 11.6 Å². The molecule has 1 aliphatic heterocycles. The first-order valence-electron chi connectivity index (χ1n) is 4.07. The molecule has 1 amide bonds. The highest BCUT2D eigenvalue weighted by Crippen LogP contribution is 2.30. The van der Waals surface area contributed by atoms with Crippen LogP contribution in [0.5, 0.6) is 0 Å². The molecule has 15 heavy (non-hydrogen) atoms. The van der Waals surface area contributed by atoms with Gasteiger partial charge in [-0.2, -0.15) is 13.2 Å². The minimum absolute atomic E-state index is 0. The summed E-state index contributed by atoms with van der Waals surface area (Å²) in [6.07, 6.45) is 0. The second-order valence-corrected chi connectivity index (χ2v) is 4.09. The van der Waals surface area contributed by atoms with Crippen LogP contribution < -0.4 is 5.32 Å². The van der Waals surface area contributed by atoms with Crippen molar-refractivity contribution in [3.63, 3.8) is 0 Å². The van der Waals surface area contributed by atoms with Gasteiger partial charge in [0.05, 0.1) is 11.8 Å². The largest absolute Gasteiger partial charge is 0.442 e. The quantitative estimate of drug-likeness (QED) is 0.828. The van der Waals surface area contributed by atoms with Crippen LogP contribution in [0.3, 0.4) is 0 Å². The van der Waals surface area contributed by atoms with Crippen molar-refractivity contribution in [2.75, 3.05) is 25.9 Å². The highest BCUT2D eigenvalue weighted by Gasteiger charge is 2.32. The molecule has 0 bridgehead atoms. The zero-order valence-electron chi connectivity index (χ0n) is 8.00. The maximum atomic E-state index is 11.8. The molecule has 0 unspecified atom stereocenters. The highest BCUT2D eigenvalue weighted by molar-refractivity contribution is 8.00. The van der Waals surface area contributed by atoms with Gasteiger partial charge in [0, 0.05) is 20.1 Å². The fraction of sp³-hybridized carbons (Fsp3) is 0.857. The van der Waals surface area contributed by atoms with Crippen molar-refractivity contribution in [1.29, 1.82) is 0 Å². The first-order chi connectivity index (χ1) is 6.40. The van der Waals surface area contributed by atoms with Crippen LogP contribution in [0.2, 0.25) is 0 Å². The van der Waals surface area contributed by atoms with Gasteiger partial charge in [-0.15, -0.1) is 12.4 Å². The molecule has 0 saturated carbocycles. The Morgan fingerprint density at radius 2 is 2.07 bits per heavy atom. The molecule has 0 aliphatic carbocycles. The van der Waals surface area contributed by atoms with Crippen LogP contribution in [0.4, 0.5) is 13.2 Å². The second-order valence-electron chi connectivity index (χ2n) is 3.05. The van der Waals surface area contributed by atoms with Crippen LogP contribution in [-0.2, 0) is 4.79 Å². The summed E-state index contributed by atoms with van der Waals surface area (Å²) in [5.41, 5.74) is -4.33. The van der Waals surface area contributed by atoms with E-state index in [4.69, 9.17) is 0 Å². The molecule has 1 rings (SSSR count). The predicted octanol–water partition coefficient (Wildman–Crippen LogP) is 1.09. The van der Waals surface area contributed by atoms with E-state index in [1.165, 1.54) is 11.9 Å². The Hall–Kier alpha value is -0.140. The molecule has 1 saturated heterocycles. The maximum absolute atomic E-state index is 11.8. The van der Waals surface area contributed by atoms with Crippen LogP contribution in [0.25, 0.3) is 0 Å². The lowest BCUT2D eigenvalue weighted by atomic mass is 10.1. The van der Waals surface area contributed by atoms with Gasteiger partial charge in [-0.3, -0.25) is 4.79 Å². The Kier molecular flexibility index (Phi) is 5.76. The lowest BCUT2D eigenvalue weighted by Gasteiger charge is -2.35. The summed E-state index contributed by atoms with van der Waals surface area (Å²) in [6.45, 7) is 1.33. The van der Waals surface area contributed by atoms with Crippen molar-refractivity contribution in [2.24, 2.45) is 0 Å². The summed E-state index contributed by atoms with van der Waals surface area (Å²) in [5.74, 6) is -1.00. The molecule has 0 aromatic rings. The minimum Gasteiger partial charge on any atom is -0.339 e. The fourth-order valence-electron chi connectivity index (χ4n) is 0.996. The van der Waals surface area contributed by atoms with Crippen molar-refractivity contribution < 1.29 is 18.0 Å². The number of halogens is 4. The number of rotatable bonds is 3. The van der Waals surface area contributed by atoms with E-state index in [1.54, 1.807) is 0 Å². The van der Waals surface area contributed by atoms with Gasteiger partial charge in [-0.1, -0.05) is 0 Å². The van der Waals surface area contributed by atoms with Crippen molar-refractivity contribution in [1.82, 2.24) is 10.2 Å². The van der Waals surface area contributed by atoms with Crippen molar-refractivity contribution in [3.05, 3.63) is 0 Å². The van der Waals surface area contributed by atoms with E-state index >= 15 is 0 Å². The number of thioether (sulfide) groups is 1. The summed E-state index contributed by atoms with van der Waals surface area (Å²) >= 11 is -0.290. The average molecular weight is 265 g/mol. The van der Waals surface area contributed by atoms with Gasteiger partial charge in [0.2, 0.25) is 5.91 Å². The maximum Gasteiger partial charge on any atom is 0.442 e. The third-order valence-corrected chi connectivity index (χ3v) is 2.78. The molecular formula is C7H12ClF3N2OS. The second kappa shape index (κ2) is 5.81. The van der Waals surface area contributed by atoms with Gasteiger partial charge in [-0.25, -0.2) is 0 Å². The molecule has 0 atom stereocenters. The Morgan fingerprint density at radius 3 is 2.40 bits per heavy atom. The molecule has 0 aromatic carbocycles. The summed E-state index contributed by atoms with van der Waals surface area (Å²) < 4.78 is 35.3. The number of carbonyl (C=O) groups excluding carboxylic acids is 1. The molecule has 1 aliphatic rings. The number of hydrogen-bond donors (Lipinski definition) is 1. The van der Waals surface area contributed by atoms with Crippen LogP contribution >= 0.6 is 24.2 Å². The normalized spacial score (nSPS) is 16.5. The summed E-state index contributed by atoms with van der Waals surface area (Å²) in [5, 5.41) is 2.95. The lowest BCUT2D eigenvalue weighted by Crippen LogP contribution is -2.57. The molecule has 0 aromatic heterocycles. The Balaban J connectivity index is 0.00000196. The Bertz CT molecular complexity index is 223. The predicted molar refractivity (Wildman–Crippen MR) is 55.2 cm³/mol. The third kappa shape index (κ3) is 4.94. The fourth-order valence-corrected chi connectivity index (χ4v) is 1.49. The zero-order chi connectivity index (χ0) is 10.8. The van der Waals surface area contributed by atoms with Crippen molar-refractivity contribution >= 4 is 30.1 Å². The topological polar surface area (TPSA) is 32.3 Å². The first-order valence-corrected chi connectivity index (χ1v) is 5.06. The Morgan fingerprint density at radius 1 is 1.53 bits per heavy atom. The van der Waals surface area contributed by atoms with Crippen LogP contribution in [0.15, 0.2) is 0 Å². The molecule has 90 valence electrons. The number of nitrogens with one attached hydrogen (secondary N) is 1. The minimum atomic E-state index is -4.33. The number of alkyl halides is 3. The monoisotopic (exact) mass is 264 g/mol. The molecule has 1 N–H and O–H groups in total. The number of carbonyl (C=O) groups is 1. The van der Waals surface area contributed by atoms with Gasteiger partial charge in [0.1, 0.15) is 0 Å². The molecule has 8 heteroatoms. The smallest absolute Gasteiger partial charge is 0.339 e. The van der Waals surface area contributed by atoms with Gasteiger partial charge >= 0.3 is 5.51 Å². The number of hydrogen-bond acceptors (Lipinski definition) is 3. The molecular weight excluding hydrogens is 253 g/mol. The summed E-state index contributed by atoms with van der Waals surface area (Å²) in [4.78, 5) is 12.6. The third-order valence-electron chi connectivity index (χ3n) is 2.06.